The van der Waals surface area contributed by atoms with E-state index < -0.39 is 17.9 Å². The molecule has 1 aromatic rings. The molecule has 2 amide bonds. The van der Waals surface area contributed by atoms with Gasteiger partial charge in [0, 0.05) is 13.3 Å². The van der Waals surface area contributed by atoms with Crippen LogP contribution in [0.25, 0.3) is 0 Å². The Balaban J connectivity index is 2.65. The fraction of sp³-hybridized carbons (Fsp3) is 0.308. The number of primary amides is 1. The first-order chi connectivity index (χ1) is 8.99. The van der Waals surface area contributed by atoms with E-state index in [-0.39, 0.29) is 18.7 Å². The van der Waals surface area contributed by atoms with E-state index in [1.165, 1.54) is 6.92 Å². The summed E-state index contributed by atoms with van der Waals surface area (Å²) in [4.78, 5) is 33.6. The smallest absolute Gasteiger partial charge is 0.334 e. The minimum Gasteiger partial charge on any atom is -0.425 e. The molecular formula is C13H16N2O4. The highest BCUT2D eigenvalue weighted by Gasteiger charge is 2.22. The van der Waals surface area contributed by atoms with Crippen molar-refractivity contribution in [2.45, 2.75) is 25.8 Å². The van der Waals surface area contributed by atoms with Crippen LogP contribution in [0, 0.1) is 0 Å². The lowest BCUT2D eigenvalue weighted by molar-refractivity contribution is -0.139. The second-order valence-electron chi connectivity index (χ2n) is 3.99. The molecule has 0 aromatic heterocycles. The SMILES string of the molecule is CC(=O)N[C@@H](CCC(N)=O)C(=O)Oc1ccccc1. The van der Waals surface area contributed by atoms with Crippen molar-refractivity contribution < 1.29 is 19.1 Å². The summed E-state index contributed by atoms with van der Waals surface area (Å²) in [5.41, 5.74) is 5.02. The van der Waals surface area contributed by atoms with E-state index in [1.54, 1.807) is 30.3 Å². The van der Waals surface area contributed by atoms with E-state index >= 15 is 0 Å². The van der Waals surface area contributed by atoms with Gasteiger partial charge in [-0.15, -0.1) is 0 Å². The molecule has 6 heteroatoms. The maximum absolute atomic E-state index is 11.9. The van der Waals surface area contributed by atoms with Gasteiger partial charge in [0.1, 0.15) is 11.8 Å². The molecule has 6 nitrogen and oxygen atoms in total. The van der Waals surface area contributed by atoms with Gasteiger partial charge in [-0.25, -0.2) is 4.79 Å². The maximum Gasteiger partial charge on any atom is 0.334 e. The van der Waals surface area contributed by atoms with Crippen LogP contribution in [0.4, 0.5) is 0 Å². The number of nitrogens with two attached hydrogens (primary N) is 1. The number of benzene rings is 1. The van der Waals surface area contributed by atoms with E-state index in [2.05, 4.69) is 5.32 Å². The average Bonchev–Trinajstić information content (AvgIpc) is 2.35. The number of ether oxygens (including phenoxy) is 1. The Labute approximate surface area is 110 Å². The molecule has 0 bridgehead atoms. The topological polar surface area (TPSA) is 98.5 Å². The average molecular weight is 264 g/mol. The Kier molecular flexibility index (Phi) is 5.53. The first kappa shape index (κ1) is 14.7. The highest BCUT2D eigenvalue weighted by Crippen LogP contribution is 2.10. The van der Waals surface area contributed by atoms with Crippen LogP contribution in [0.15, 0.2) is 30.3 Å². The van der Waals surface area contributed by atoms with Crippen LogP contribution in [-0.2, 0) is 14.4 Å². The van der Waals surface area contributed by atoms with Gasteiger partial charge in [0.15, 0.2) is 0 Å². The van der Waals surface area contributed by atoms with E-state index in [1.807, 2.05) is 0 Å². The van der Waals surface area contributed by atoms with Gasteiger partial charge in [-0.3, -0.25) is 9.59 Å². The minimum atomic E-state index is -0.884. The number of nitrogens with one attached hydrogen (secondary N) is 1. The van der Waals surface area contributed by atoms with Crippen molar-refractivity contribution in [2.24, 2.45) is 5.73 Å². The third-order valence-electron chi connectivity index (χ3n) is 2.30. The molecule has 0 saturated carbocycles. The number of amides is 2. The molecule has 0 fully saturated rings. The maximum atomic E-state index is 11.9. The molecule has 3 N–H and O–H groups in total. The molecule has 0 aliphatic rings. The molecule has 1 atom stereocenters. The lowest BCUT2D eigenvalue weighted by atomic mass is 10.1. The molecule has 0 radical (unpaired) electrons. The molecule has 1 aromatic carbocycles. The van der Waals surface area contributed by atoms with Crippen molar-refractivity contribution >= 4 is 17.8 Å². The third kappa shape index (κ3) is 5.67. The van der Waals surface area contributed by atoms with Crippen LogP contribution in [-0.4, -0.2) is 23.8 Å². The molecule has 0 spiro atoms. The van der Waals surface area contributed by atoms with Crippen molar-refractivity contribution in [2.75, 3.05) is 0 Å². The molecule has 1 rings (SSSR count). The third-order valence-corrected chi connectivity index (χ3v) is 2.30. The lowest BCUT2D eigenvalue weighted by Gasteiger charge is -2.15. The summed E-state index contributed by atoms with van der Waals surface area (Å²) in [6, 6.07) is 7.59. The van der Waals surface area contributed by atoms with Crippen LogP contribution >= 0.6 is 0 Å². The van der Waals surface area contributed by atoms with Gasteiger partial charge >= 0.3 is 5.97 Å². The zero-order valence-corrected chi connectivity index (χ0v) is 10.6. The van der Waals surface area contributed by atoms with Gasteiger partial charge in [-0.1, -0.05) is 18.2 Å². The number of rotatable bonds is 6. The zero-order valence-electron chi connectivity index (χ0n) is 10.6. The Morgan fingerprint density at radius 1 is 1.26 bits per heavy atom. The quantitative estimate of drug-likeness (QED) is 0.572. The van der Waals surface area contributed by atoms with Crippen molar-refractivity contribution in [3.8, 4) is 5.75 Å². The molecule has 0 heterocycles. The number of hydrogen-bond acceptors (Lipinski definition) is 4. The number of hydrogen-bond donors (Lipinski definition) is 2. The molecule has 19 heavy (non-hydrogen) atoms. The molecule has 0 saturated heterocycles. The zero-order chi connectivity index (χ0) is 14.3. The van der Waals surface area contributed by atoms with Crippen molar-refractivity contribution in [1.29, 1.82) is 0 Å². The molecule has 0 aliphatic carbocycles. The van der Waals surface area contributed by atoms with Gasteiger partial charge in [-0.05, 0) is 18.6 Å². The van der Waals surface area contributed by atoms with Gasteiger partial charge in [0.25, 0.3) is 0 Å². The van der Waals surface area contributed by atoms with Crippen LogP contribution in [0.3, 0.4) is 0 Å². The van der Waals surface area contributed by atoms with Crippen LogP contribution in [0.2, 0.25) is 0 Å². The van der Waals surface area contributed by atoms with E-state index in [0.717, 1.165) is 0 Å². The fourth-order valence-corrected chi connectivity index (χ4v) is 1.46. The van der Waals surface area contributed by atoms with Gasteiger partial charge < -0.3 is 15.8 Å². The largest absolute Gasteiger partial charge is 0.425 e. The molecule has 102 valence electrons. The molecular weight excluding hydrogens is 248 g/mol. The first-order valence-electron chi connectivity index (χ1n) is 5.81. The van der Waals surface area contributed by atoms with Crippen molar-refractivity contribution in [3.05, 3.63) is 30.3 Å². The van der Waals surface area contributed by atoms with E-state index in [4.69, 9.17) is 10.5 Å². The Morgan fingerprint density at radius 3 is 2.42 bits per heavy atom. The van der Waals surface area contributed by atoms with E-state index in [0.29, 0.717) is 5.75 Å². The number of carbonyl (C=O) groups is 3. The summed E-state index contributed by atoms with van der Waals surface area (Å²) in [5.74, 6) is -1.16. The predicted molar refractivity (Wildman–Crippen MR) is 68.1 cm³/mol. The van der Waals surface area contributed by atoms with Crippen molar-refractivity contribution in [1.82, 2.24) is 5.32 Å². The van der Waals surface area contributed by atoms with Crippen molar-refractivity contribution in [3.63, 3.8) is 0 Å². The Morgan fingerprint density at radius 2 is 1.89 bits per heavy atom. The lowest BCUT2D eigenvalue weighted by Crippen LogP contribution is -2.42. The number of para-hydroxylation sites is 1. The van der Waals surface area contributed by atoms with Gasteiger partial charge in [-0.2, -0.15) is 0 Å². The fourth-order valence-electron chi connectivity index (χ4n) is 1.46. The van der Waals surface area contributed by atoms with Crippen LogP contribution in [0.1, 0.15) is 19.8 Å². The first-order valence-corrected chi connectivity index (χ1v) is 5.81. The monoisotopic (exact) mass is 264 g/mol. The number of carbonyl (C=O) groups excluding carboxylic acids is 3. The highest BCUT2D eigenvalue weighted by atomic mass is 16.5. The summed E-state index contributed by atoms with van der Waals surface area (Å²) in [6.45, 7) is 1.28. The van der Waals surface area contributed by atoms with Gasteiger partial charge in [0.2, 0.25) is 11.8 Å². The number of esters is 1. The minimum absolute atomic E-state index is 0.00512. The summed E-state index contributed by atoms with van der Waals surface area (Å²) < 4.78 is 5.10. The molecule has 0 unspecified atom stereocenters. The van der Waals surface area contributed by atoms with E-state index in [9.17, 15) is 14.4 Å². The van der Waals surface area contributed by atoms with Crippen LogP contribution < -0.4 is 15.8 Å². The predicted octanol–water partition coefficient (Wildman–Crippen LogP) is 0.362. The summed E-state index contributed by atoms with van der Waals surface area (Å²) in [6.07, 6.45) is 0.107. The summed E-state index contributed by atoms with van der Waals surface area (Å²) in [7, 11) is 0. The second-order valence-corrected chi connectivity index (χ2v) is 3.99. The summed E-state index contributed by atoms with van der Waals surface area (Å²) in [5, 5.41) is 2.43. The molecule has 0 aliphatic heterocycles. The normalized spacial score (nSPS) is 11.4. The van der Waals surface area contributed by atoms with Gasteiger partial charge in [0.05, 0.1) is 0 Å². The standard InChI is InChI=1S/C13H16N2O4/c1-9(16)15-11(7-8-12(14)17)13(18)19-10-5-3-2-4-6-10/h2-6,11H,7-8H2,1H3,(H2,14,17)(H,15,16)/t11-/m0/s1. The van der Waals surface area contributed by atoms with Crippen LogP contribution in [0.5, 0.6) is 5.75 Å². The Hall–Kier alpha value is -2.37. The Bertz CT molecular complexity index is 459. The highest BCUT2D eigenvalue weighted by molar-refractivity contribution is 5.85. The summed E-state index contributed by atoms with van der Waals surface area (Å²) >= 11 is 0. The second kappa shape index (κ2) is 7.15.